The monoisotopic (exact) mass is 441 g/mol. The Balaban J connectivity index is 1.75. The molecule has 3 rings (SSSR count). The summed E-state index contributed by atoms with van der Waals surface area (Å²) in [6.07, 6.45) is 2.01. The summed E-state index contributed by atoms with van der Waals surface area (Å²) in [5, 5.41) is 17.3. The SMILES string of the molecule is CC1(C)OB(c2cnc(S(=O)(=O)[C@H]3CCCN(C(=O)C(O)CO)C3)nc2)OC1(C)C. The van der Waals surface area contributed by atoms with Gasteiger partial charge in [-0.2, -0.15) is 0 Å². The highest BCUT2D eigenvalue weighted by molar-refractivity contribution is 7.91. The van der Waals surface area contributed by atoms with E-state index in [9.17, 15) is 18.3 Å². The van der Waals surface area contributed by atoms with E-state index in [1.165, 1.54) is 17.3 Å². The van der Waals surface area contributed by atoms with E-state index in [1.54, 1.807) is 0 Å². The van der Waals surface area contributed by atoms with Gasteiger partial charge in [-0.25, -0.2) is 18.4 Å². The molecule has 2 aliphatic heterocycles. The zero-order chi connectivity index (χ0) is 22.3. The van der Waals surface area contributed by atoms with Gasteiger partial charge in [0, 0.05) is 30.9 Å². The van der Waals surface area contributed by atoms with Crippen molar-refractivity contribution in [3.05, 3.63) is 12.4 Å². The third-order valence-corrected chi connectivity index (χ3v) is 8.00. The van der Waals surface area contributed by atoms with Gasteiger partial charge in [0.1, 0.15) is 0 Å². The van der Waals surface area contributed by atoms with E-state index in [0.717, 1.165) is 0 Å². The lowest BCUT2D eigenvalue weighted by Gasteiger charge is -2.33. The average Bonchev–Trinajstić information content (AvgIpc) is 2.94. The number of rotatable bonds is 5. The number of likely N-dealkylation sites (tertiary alicyclic amines) is 1. The molecular weight excluding hydrogens is 413 g/mol. The van der Waals surface area contributed by atoms with Gasteiger partial charge < -0.3 is 24.4 Å². The van der Waals surface area contributed by atoms with Gasteiger partial charge >= 0.3 is 7.12 Å². The molecule has 1 aromatic rings. The maximum atomic E-state index is 13.0. The highest BCUT2D eigenvalue weighted by Crippen LogP contribution is 2.36. The zero-order valence-electron chi connectivity index (χ0n) is 17.6. The largest absolute Gasteiger partial charge is 0.498 e. The molecule has 1 aromatic heterocycles. The van der Waals surface area contributed by atoms with Gasteiger partial charge in [0.05, 0.1) is 23.1 Å². The summed E-state index contributed by atoms with van der Waals surface area (Å²) in [6.45, 7) is 7.18. The molecular formula is C18H28BN3O7S. The number of hydrogen-bond acceptors (Lipinski definition) is 9. The van der Waals surface area contributed by atoms with E-state index in [1.807, 2.05) is 27.7 Å². The molecule has 0 aliphatic carbocycles. The summed E-state index contributed by atoms with van der Waals surface area (Å²) in [4.78, 5) is 21.4. The standard InChI is InChI=1S/C18H28BN3O7S/c1-17(2)18(3,4)29-19(28-17)12-8-20-16(21-9-12)30(26,27)13-6-5-7-22(10-13)15(25)14(24)11-23/h8-9,13-14,23-24H,5-7,10-11H2,1-4H3/t13-,14?/m0/s1. The molecule has 3 heterocycles. The van der Waals surface area contributed by atoms with E-state index in [0.29, 0.717) is 24.8 Å². The first-order valence-corrected chi connectivity index (χ1v) is 11.4. The van der Waals surface area contributed by atoms with Crippen LogP contribution in [0.4, 0.5) is 0 Å². The minimum absolute atomic E-state index is 0.0828. The molecule has 166 valence electrons. The Morgan fingerprint density at radius 2 is 1.83 bits per heavy atom. The molecule has 2 aliphatic rings. The van der Waals surface area contributed by atoms with Crippen LogP contribution in [0.5, 0.6) is 0 Å². The van der Waals surface area contributed by atoms with Crippen molar-refractivity contribution < 1.29 is 32.7 Å². The van der Waals surface area contributed by atoms with E-state index < -0.39 is 52.0 Å². The predicted octanol–water partition coefficient (Wildman–Crippen LogP) is -1.11. The van der Waals surface area contributed by atoms with Crippen LogP contribution in [0.25, 0.3) is 0 Å². The van der Waals surface area contributed by atoms with Gasteiger partial charge in [-0.1, -0.05) is 0 Å². The van der Waals surface area contributed by atoms with Crippen molar-refractivity contribution >= 4 is 28.3 Å². The second-order valence-electron chi connectivity index (χ2n) is 8.68. The van der Waals surface area contributed by atoms with Crippen molar-refractivity contribution in [1.29, 1.82) is 0 Å². The molecule has 2 saturated heterocycles. The molecule has 0 spiro atoms. The molecule has 1 amide bonds. The number of amides is 1. The Bertz CT molecular complexity index is 876. The lowest BCUT2D eigenvalue weighted by Crippen LogP contribution is -2.49. The molecule has 0 saturated carbocycles. The summed E-state index contributed by atoms with van der Waals surface area (Å²) in [5.74, 6) is -0.686. The van der Waals surface area contributed by atoms with Crippen LogP contribution in [0.1, 0.15) is 40.5 Å². The van der Waals surface area contributed by atoms with Crippen molar-refractivity contribution in [3.8, 4) is 0 Å². The number of aromatic nitrogens is 2. The second kappa shape index (κ2) is 8.15. The van der Waals surface area contributed by atoms with Crippen molar-refractivity contribution in [2.45, 2.75) is 68.2 Å². The summed E-state index contributed by atoms with van der Waals surface area (Å²) in [6, 6.07) is 0. The number of sulfone groups is 1. The Kier molecular flexibility index (Phi) is 6.27. The average molecular weight is 441 g/mol. The summed E-state index contributed by atoms with van der Waals surface area (Å²) >= 11 is 0. The lowest BCUT2D eigenvalue weighted by atomic mass is 9.81. The van der Waals surface area contributed by atoms with Crippen LogP contribution in [-0.2, 0) is 23.9 Å². The maximum Gasteiger partial charge on any atom is 0.498 e. The number of aliphatic hydroxyl groups excluding tert-OH is 2. The Morgan fingerprint density at radius 3 is 2.37 bits per heavy atom. The van der Waals surface area contributed by atoms with Crippen LogP contribution in [0.2, 0.25) is 0 Å². The number of piperidine rings is 1. The van der Waals surface area contributed by atoms with Crippen LogP contribution in [0, 0.1) is 0 Å². The lowest BCUT2D eigenvalue weighted by molar-refractivity contribution is -0.142. The zero-order valence-corrected chi connectivity index (χ0v) is 18.4. The van der Waals surface area contributed by atoms with Gasteiger partial charge in [-0.05, 0) is 40.5 Å². The number of carbonyl (C=O) groups excluding carboxylic acids is 1. The summed E-state index contributed by atoms with van der Waals surface area (Å²) < 4.78 is 37.8. The smallest absolute Gasteiger partial charge is 0.399 e. The second-order valence-corrected chi connectivity index (χ2v) is 10.8. The number of nitrogens with zero attached hydrogens (tertiary/aromatic N) is 3. The van der Waals surface area contributed by atoms with Crippen molar-refractivity contribution in [2.75, 3.05) is 19.7 Å². The number of aliphatic hydroxyl groups is 2. The molecule has 0 radical (unpaired) electrons. The minimum Gasteiger partial charge on any atom is -0.399 e. The Hall–Kier alpha value is -1.60. The van der Waals surface area contributed by atoms with Crippen LogP contribution >= 0.6 is 0 Å². The fourth-order valence-corrected chi connectivity index (χ4v) is 4.95. The molecule has 30 heavy (non-hydrogen) atoms. The first kappa shape index (κ1) is 23.1. The van der Waals surface area contributed by atoms with Gasteiger partial charge in [-0.3, -0.25) is 4.79 Å². The van der Waals surface area contributed by atoms with Gasteiger partial charge in [-0.15, -0.1) is 0 Å². The predicted molar refractivity (Wildman–Crippen MR) is 108 cm³/mol. The Morgan fingerprint density at radius 1 is 1.27 bits per heavy atom. The third kappa shape index (κ3) is 4.24. The normalized spacial score (nSPS) is 24.7. The summed E-state index contributed by atoms with van der Waals surface area (Å²) in [7, 11) is -4.59. The van der Waals surface area contributed by atoms with Crippen LogP contribution in [0.15, 0.2) is 17.6 Å². The topological polar surface area (TPSA) is 139 Å². The van der Waals surface area contributed by atoms with Gasteiger partial charge in [0.25, 0.3) is 5.91 Å². The van der Waals surface area contributed by atoms with E-state index in [4.69, 9.17) is 14.4 Å². The van der Waals surface area contributed by atoms with Crippen LogP contribution < -0.4 is 5.46 Å². The minimum atomic E-state index is -3.89. The highest BCUT2D eigenvalue weighted by atomic mass is 32.2. The molecule has 2 atom stereocenters. The van der Waals surface area contributed by atoms with E-state index >= 15 is 0 Å². The van der Waals surface area contributed by atoms with Gasteiger partial charge in [0.15, 0.2) is 6.10 Å². The fourth-order valence-electron chi connectivity index (χ4n) is 3.40. The number of hydrogen-bond donors (Lipinski definition) is 2. The molecule has 2 N–H and O–H groups in total. The first-order chi connectivity index (χ1) is 13.9. The molecule has 10 nitrogen and oxygen atoms in total. The Labute approximate surface area is 176 Å². The molecule has 2 fully saturated rings. The fraction of sp³-hybridized carbons (Fsp3) is 0.722. The highest BCUT2D eigenvalue weighted by Gasteiger charge is 2.52. The van der Waals surface area contributed by atoms with E-state index in [2.05, 4.69) is 9.97 Å². The van der Waals surface area contributed by atoms with Crippen LogP contribution in [-0.4, -0.2) is 88.8 Å². The summed E-state index contributed by atoms with van der Waals surface area (Å²) in [5.41, 5.74) is -0.571. The molecule has 0 aromatic carbocycles. The quantitative estimate of drug-likeness (QED) is 0.430. The third-order valence-electron chi connectivity index (χ3n) is 6.01. The van der Waals surface area contributed by atoms with Crippen molar-refractivity contribution in [2.24, 2.45) is 0 Å². The van der Waals surface area contributed by atoms with Crippen LogP contribution in [0.3, 0.4) is 0 Å². The van der Waals surface area contributed by atoms with E-state index in [-0.39, 0.29) is 11.7 Å². The van der Waals surface area contributed by atoms with Crippen molar-refractivity contribution in [1.82, 2.24) is 14.9 Å². The first-order valence-electron chi connectivity index (χ1n) is 9.88. The molecule has 12 heteroatoms. The molecule has 0 bridgehead atoms. The van der Waals surface area contributed by atoms with Crippen molar-refractivity contribution in [3.63, 3.8) is 0 Å². The molecule has 1 unspecified atom stereocenters. The van der Waals surface area contributed by atoms with Gasteiger partial charge in [0.2, 0.25) is 15.0 Å². The number of carbonyl (C=O) groups is 1. The maximum absolute atomic E-state index is 13.0.